The first kappa shape index (κ1) is 15.2. The predicted molar refractivity (Wildman–Crippen MR) is 74.4 cm³/mol. The quantitative estimate of drug-likeness (QED) is 0.311. The number of likely N-dealkylation sites (N-methyl/N-ethyl adjacent to an activating group) is 1. The molecule has 0 spiro atoms. The van der Waals surface area contributed by atoms with Gasteiger partial charge in [-0.15, -0.1) is 0 Å². The number of nitrogens with two attached hydrogens (primary N) is 1. The molecular formula is C12H27N5O. The predicted octanol–water partition coefficient (Wildman–Crippen LogP) is -0.133. The van der Waals surface area contributed by atoms with E-state index in [1.54, 1.807) is 7.11 Å². The first-order valence-corrected chi connectivity index (χ1v) is 6.53. The summed E-state index contributed by atoms with van der Waals surface area (Å²) in [6, 6.07) is 0.603. The largest absolute Gasteiger partial charge is 0.382 e. The van der Waals surface area contributed by atoms with Crippen molar-refractivity contribution in [1.29, 1.82) is 0 Å². The van der Waals surface area contributed by atoms with Crippen LogP contribution in [-0.2, 0) is 4.74 Å². The van der Waals surface area contributed by atoms with Gasteiger partial charge in [-0.2, -0.15) is 0 Å². The van der Waals surface area contributed by atoms with Crippen molar-refractivity contribution in [3.05, 3.63) is 0 Å². The van der Waals surface area contributed by atoms with Crippen molar-refractivity contribution in [3.8, 4) is 0 Å². The van der Waals surface area contributed by atoms with Gasteiger partial charge in [0.25, 0.3) is 0 Å². The zero-order chi connectivity index (χ0) is 13.5. The molecule has 18 heavy (non-hydrogen) atoms. The Hall–Kier alpha value is -0.850. The molecule has 0 aliphatic carbocycles. The number of hydrogen-bond acceptors (Lipinski definition) is 4. The lowest BCUT2D eigenvalue weighted by Gasteiger charge is -2.29. The Morgan fingerprint density at radius 1 is 1.61 bits per heavy atom. The maximum Gasteiger partial charge on any atom is 0.209 e. The zero-order valence-electron chi connectivity index (χ0n) is 12.0. The number of hydrogen-bond donors (Lipinski definition) is 2. The molecule has 1 rings (SSSR count). The Morgan fingerprint density at radius 3 is 2.89 bits per heavy atom. The summed E-state index contributed by atoms with van der Waals surface area (Å²) in [5.74, 6) is 6.39. The first-order valence-electron chi connectivity index (χ1n) is 6.53. The third kappa shape index (κ3) is 4.44. The highest BCUT2D eigenvalue weighted by Crippen LogP contribution is 2.17. The highest BCUT2D eigenvalue weighted by molar-refractivity contribution is 5.80. The molecule has 6 nitrogen and oxygen atoms in total. The number of likely N-dealkylation sites (tertiary alicyclic amines) is 1. The normalized spacial score (nSPS) is 22.7. The standard InChI is InChI=1S/C12H27N5O/c1-10(9-18-4)14-12(15-13)17-7-5-6-11(17)8-16(2)3/h10-11H,5-9,13H2,1-4H3,(H,14,15). The van der Waals surface area contributed by atoms with Crippen LogP contribution in [0.15, 0.2) is 4.99 Å². The number of aliphatic imine (C=N–C) groups is 1. The van der Waals surface area contributed by atoms with Gasteiger partial charge in [-0.1, -0.05) is 0 Å². The van der Waals surface area contributed by atoms with E-state index in [-0.39, 0.29) is 6.04 Å². The molecule has 1 fully saturated rings. The Morgan fingerprint density at radius 2 is 2.33 bits per heavy atom. The van der Waals surface area contributed by atoms with E-state index in [0.717, 1.165) is 19.0 Å². The second-order valence-corrected chi connectivity index (χ2v) is 5.15. The second-order valence-electron chi connectivity index (χ2n) is 5.15. The first-order chi connectivity index (χ1) is 8.58. The van der Waals surface area contributed by atoms with Crippen molar-refractivity contribution < 1.29 is 4.74 Å². The molecule has 106 valence electrons. The van der Waals surface area contributed by atoms with E-state index in [2.05, 4.69) is 34.3 Å². The summed E-state index contributed by atoms with van der Waals surface area (Å²) < 4.78 is 5.10. The van der Waals surface area contributed by atoms with Gasteiger partial charge in [-0.3, -0.25) is 5.43 Å². The molecule has 1 aliphatic rings. The molecule has 0 aromatic rings. The molecule has 0 saturated carbocycles. The molecule has 0 bridgehead atoms. The number of guanidine groups is 1. The SMILES string of the molecule is COCC(C)N=C(NN)N1CCCC1CN(C)C. The van der Waals surface area contributed by atoms with Crippen molar-refractivity contribution in [3.63, 3.8) is 0 Å². The van der Waals surface area contributed by atoms with Gasteiger partial charge >= 0.3 is 0 Å². The fourth-order valence-electron chi connectivity index (χ4n) is 2.41. The molecule has 2 unspecified atom stereocenters. The molecule has 2 atom stereocenters. The third-order valence-electron chi connectivity index (χ3n) is 3.10. The molecular weight excluding hydrogens is 230 g/mol. The monoisotopic (exact) mass is 257 g/mol. The Labute approximate surface area is 110 Å². The summed E-state index contributed by atoms with van der Waals surface area (Å²) >= 11 is 0. The van der Waals surface area contributed by atoms with E-state index in [4.69, 9.17) is 10.6 Å². The number of nitrogens with one attached hydrogen (secondary N) is 1. The van der Waals surface area contributed by atoms with Gasteiger partial charge in [0.05, 0.1) is 12.6 Å². The summed E-state index contributed by atoms with van der Waals surface area (Å²) in [6.07, 6.45) is 2.38. The average Bonchev–Trinajstić information content (AvgIpc) is 2.73. The van der Waals surface area contributed by atoms with E-state index < -0.39 is 0 Å². The molecule has 0 aromatic heterocycles. The minimum absolute atomic E-state index is 0.113. The molecule has 1 saturated heterocycles. The topological polar surface area (TPSA) is 66.1 Å². The maximum absolute atomic E-state index is 5.61. The lowest BCUT2D eigenvalue weighted by Crippen LogP contribution is -2.50. The summed E-state index contributed by atoms with van der Waals surface area (Å²) in [4.78, 5) is 9.06. The van der Waals surface area contributed by atoms with Crippen LogP contribution < -0.4 is 11.3 Å². The van der Waals surface area contributed by atoms with Crippen LogP contribution in [0.2, 0.25) is 0 Å². The van der Waals surface area contributed by atoms with Crippen LogP contribution in [0, 0.1) is 0 Å². The van der Waals surface area contributed by atoms with Gasteiger partial charge < -0.3 is 14.5 Å². The molecule has 1 aliphatic heterocycles. The van der Waals surface area contributed by atoms with Crippen molar-refractivity contribution in [2.24, 2.45) is 10.8 Å². The fraction of sp³-hybridized carbons (Fsp3) is 0.917. The summed E-state index contributed by atoms with van der Waals surface area (Å²) in [7, 11) is 5.87. The molecule has 1 heterocycles. The van der Waals surface area contributed by atoms with E-state index in [1.165, 1.54) is 12.8 Å². The van der Waals surface area contributed by atoms with Crippen molar-refractivity contribution in [1.82, 2.24) is 15.2 Å². The van der Waals surface area contributed by atoms with Gasteiger partial charge in [0.15, 0.2) is 0 Å². The summed E-state index contributed by atoms with van der Waals surface area (Å²) in [5.41, 5.74) is 2.74. The van der Waals surface area contributed by atoms with E-state index >= 15 is 0 Å². The van der Waals surface area contributed by atoms with Gasteiger partial charge in [-0.25, -0.2) is 10.8 Å². The molecule has 0 aromatic carbocycles. The molecule has 3 N–H and O–H groups in total. The van der Waals surface area contributed by atoms with Crippen LogP contribution in [-0.4, -0.2) is 68.7 Å². The van der Waals surface area contributed by atoms with Crippen LogP contribution in [0.4, 0.5) is 0 Å². The van der Waals surface area contributed by atoms with Gasteiger partial charge in [0.2, 0.25) is 5.96 Å². The van der Waals surface area contributed by atoms with Crippen LogP contribution >= 0.6 is 0 Å². The fourth-order valence-corrected chi connectivity index (χ4v) is 2.41. The summed E-state index contributed by atoms with van der Waals surface area (Å²) in [5, 5.41) is 0. The van der Waals surface area contributed by atoms with Crippen molar-refractivity contribution in [2.45, 2.75) is 31.8 Å². The number of methoxy groups -OCH3 is 1. The number of hydrazine groups is 1. The van der Waals surface area contributed by atoms with E-state index in [9.17, 15) is 0 Å². The van der Waals surface area contributed by atoms with Gasteiger partial charge in [-0.05, 0) is 33.9 Å². The van der Waals surface area contributed by atoms with Crippen LogP contribution in [0.5, 0.6) is 0 Å². The lowest BCUT2D eigenvalue weighted by atomic mass is 10.2. The third-order valence-corrected chi connectivity index (χ3v) is 3.10. The number of ether oxygens (including phenoxy) is 1. The minimum Gasteiger partial charge on any atom is -0.382 e. The zero-order valence-corrected chi connectivity index (χ0v) is 12.0. The van der Waals surface area contributed by atoms with Gasteiger partial charge in [0.1, 0.15) is 0 Å². The van der Waals surface area contributed by atoms with Crippen LogP contribution in [0.3, 0.4) is 0 Å². The van der Waals surface area contributed by atoms with Crippen molar-refractivity contribution >= 4 is 5.96 Å². The smallest absolute Gasteiger partial charge is 0.209 e. The highest BCUT2D eigenvalue weighted by Gasteiger charge is 2.27. The van der Waals surface area contributed by atoms with Crippen LogP contribution in [0.1, 0.15) is 19.8 Å². The average molecular weight is 257 g/mol. The minimum atomic E-state index is 0.113. The Bertz CT molecular complexity index is 269. The molecule has 0 amide bonds. The Balaban J connectivity index is 2.68. The number of nitrogens with zero attached hydrogens (tertiary/aromatic N) is 3. The Kier molecular flexibility index (Phi) is 6.38. The molecule has 6 heteroatoms. The van der Waals surface area contributed by atoms with Crippen molar-refractivity contribution in [2.75, 3.05) is 40.9 Å². The van der Waals surface area contributed by atoms with Crippen LogP contribution in [0.25, 0.3) is 0 Å². The second kappa shape index (κ2) is 7.56. The molecule has 0 radical (unpaired) electrons. The van der Waals surface area contributed by atoms with E-state index in [0.29, 0.717) is 12.6 Å². The van der Waals surface area contributed by atoms with Gasteiger partial charge in [0, 0.05) is 26.2 Å². The maximum atomic E-state index is 5.61. The highest BCUT2D eigenvalue weighted by atomic mass is 16.5. The summed E-state index contributed by atoms with van der Waals surface area (Å²) in [6.45, 7) is 4.68. The van der Waals surface area contributed by atoms with E-state index in [1.807, 2.05) is 6.92 Å². The lowest BCUT2D eigenvalue weighted by molar-refractivity contribution is 0.184. The number of rotatable bonds is 5.